The number of hydrazone groups is 1. The van der Waals surface area contributed by atoms with Crippen LogP contribution in [0.4, 0.5) is 4.79 Å². The molecule has 3 atom stereocenters. The van der Waals surface area contributed by atoms with Crippen LogP contribution in [-0.2, 0) is 0 Å². The minimum atomic E-state index is -0.552. The molecule has 1 spiro atoms. The molecule has 0 bridgehead atoms. The van der Waals surface area contributed by atoms with Gasteiger partial charge in [0.25, 0.3) is 0 Å². The van der Waals surface area contributed by atoms with Gasteiger partial charge >= 0.3 is 6.03 Å². The van der Waals surface area contributed by atoms with Crippen LogP contribution in [0.3, 0.4) is 0 Å². The number of nitrogens with two attached hydrogens (primary N) is 1. The Balaban J connectivity index is 1.75. The Hall–Kier alpha value is -1.06. The maximum Gasteiger partial charge on any atom is 0.332 e. The molecule has 0 aromatic carbocycles. The number of urea groups is 1. The smallest absolute Gasteiger partial charge is 0.332 e. The van der Waals surface area contributed by atoms with Crippen LogP contribution in [-0.4, -0.2) is 11.7 Å². The molecule has 14 heavy (non-hydrogen) atoms. The van der Waals surface area contributed by atoms with Gasteiger partial charge in [-0.3, -0.25) is 0 Å². The number of amides is 2. The molecule has 4 heteroatoms. The molecule has 3 rings (SSSR count). The van der Waals surface area contributed by atoms with Crippen LogP contribution in [0.15, 0.2) is 5.10 Å². The van der Waals surface area contributed by atoms with E-state index in [1.165, 1.54) is 31.4 Å². The second kappa shape index (κ2) is 2.49. The lowest BCUT2D eigenvalue weighted by Gasteiger charge is -2.10. The van der Waals surface area contributed by atoms with Gasteiger partial charge in [-0.2, -0.15) is 5.10 Å². The second-order valence-electron chi connectivity index (χ2n) is 4.86. The number of hydrogen-bond acceptors (Lipinski definition) is 2. The van der Waals surface area contributed by atoms with E-state index in [1.54, 1.807) is 0 Å². The fourth-order valence-electron chi connectivity index (χ4n) is 3.62. The predicted molar refractivity (Wildman–Crippen MR) is 52.7 cm³/mol. The van der Waals surface area contributed by atoms with E-state index in [0.29, 0.717) is 11.3 Å². The molecular formula is C10H15N3O. The van der Waals surface area contributed by atoms with Gasteiger partial charge in [0, 0.05) is 11.6 Å². The number of carbonyl (C=O) groups excluding carboxylic acids is 1. The van der Waals surface area contributed by atoms with E-state index in [-0.39, 0.29) is 0 Å². The summed E-state index contributed by atoms with van der Waals surface area (Å²) in [6, 6.07) is -0.552. The first-order valence-electron chi connectivity index (χ1n) is 5.34. The third-order valence-corrected chi connectivity index (χ3v) is 4.29. The van der Waals surface area contributed by atoms with Crippen molar-refractivity contribution in [1.29, 1.82) is 0 Å². The van der Waals surface area contributed by atoms with Gasteiger partial charge in [-0.15, -0.1) is 0 Å². The maximum absolute atomic E-state index is 10.5. The van der Waals surface area contributed by atoms with Crippen molar-refractivity contribution in [2.45, 2.75) is 32.1 Å². The number of rotatable bonds is 1. The molecule has 3 N–H and O–H groups in total. The van der Waals surface area contributed by atoms with Crippen molar-refractivity contribution in [2.24, 2.45) is 28.1 Å². The van der Waals surface area contributed by atoms with Crippen molar-refractivity contribution >= 4 is 11.7 Å². The van der Waals surface area contributed by atoms with Crippen molar-refractivity contribution in [3.8, 4) is 0 Å². The van der Waals surface area contributed by atoms with Crippen LogP contribution in [0, 0.1) is 17.3 Å². The molecule has 3 fully saturated rings. The Morgan fingerprint density at radius 2 is 2.50 bits per heavy atom. The van der Waals surface area contributed by atoms with Crippen molar-refractivity contribution in [3.05, 3.63) is 0 Å². The lowest BCUT2D eigenvalue weighted by Crippen LogP contribution is -2.26. The molecule has 2 amide bonds. The van der Waals surface area contributed by atoms with Gasteiger partial charge in [0.05, 0.1) is 0 Å². The van der Waals surface area contributed by atoms with E-state index >= 15 is 0 Å². The summed E-state index contributed by atoms with van der Waals surface area (Å²) in [6.07, 6.45) is 6.50. The van der Waals surface area contributed by atoms with E-state index < -0.39 is 6.03 Å². The van der Waals surface area contributed by atoms with Gasteiger partial charge in [-0.05, 0) is 37.0 Å². The number of carbonyl (C=O) groups is 1. The van der Waals surface area contributed by atoms with Crippen LogP contribution < -0.4 is 11.2 Å². The normalized spacial score (nSPS) is 46.1. The number of primary amides is 1. The van der Waals surface area contributed by atoms with Crippen molar-refractivity contribution in [2.75, 3.05) is 0 Å². The summed E-state index contributed by atoms with van der Waals surface area (Å²) in [5, 5.41) is 4.11. The molecule has 0 heterocycles. The average Bonchev–Trinajstić information content (AvgIpc) is 2.59. The van der Waals surface area contributed by atoms with E-state index in [1.807, 2.05) is 0 Å². The highest BCUT2D eigenvalue weighted by atomic mass is 16.2. The third kappa shape index (κ3) is 0.938. The highest BCUT2D eigenvalue weighted by Crippen LogP contribution is 2.71. The van der Waals surface area contributed by atoms with E-state index in [2.05, 4.69) is 10.5 Å². The van der Waals surface area contributed by atoms with Gasteiger partial charge in [0.15, 0.2) is 0 Å². The van der Waals surface area contributed by atoms with Crippen LogP contribution in [0.5, 0.6) is 0 Å². The Bertz CT molecular complexity index is 325. The average molecular weight is 193 g/mol. The standard InChI is InChI=1S/C10H15N3O/c11-9(14)13-12-8-4-6-2-1-3-10(6)5-7(8)10/h6-7H,1-5H2,(H3,11,13,14)/b12-8-/t6-,7-,10+/m0/s1. The Morgan fingerprint density at radius 3 is 3.21 bits per heavy atom. The molecule has 0 aliphatic heterocycles. The van der Waals surface area contributed by atoms with Gasteiger partial charge in [-0.1, -0.05) is 6.42 Å². The van der Waals surface area contributed by atoms with E-state index in [0.717, 1.165) is 12.3 Å². The minimum absolute atomic E-state index is 0.552. The zero-order valence-corrected chi connectivity index (χ0v) is 8.12. The summed E-state index contributed by atoms with van der Waals surface area (Å²) < 4.78 is 0. The van der Waals surface area contributed by atoms with Crippen molar-refractivity contribution < 1.29 is 4.79 Å². The Morgan fingerprint density at radius 1 is 1.64 bits per heavy atom. The lowest BCUT2D eigenvalue weighted by atomic mass is 9.95. The number of nitrogens with zero attached hydrogens (tertiary/aromatic N) is 1. The molecular weight excluding hydrogens is 178 g/mol. The fourth-order valence-corrected chi connectivity index (χ4v) is 3.62. The van der Waals surface area contributed by atoms with Crippen LogP contribution >= 0.6 is 0 Å². The van der Waals surface area contributed by atoms with Gasteiger partial charge in [0.2, 0.25) is 0 Å². The van der Waals surface area contributed by atoms with Crippen LogP contribution in [0.2, 0.25) is 0 Å². The van der Waals surface area contributed by atoms with Crippen molar-refractivity contribution in [1.82, 2.24) is 5.43 Å². The summed E-state index contributed by atoms with van der Waals surface area (Å²) in [5.74, 6) is 1.52. The molecule has 4 nitrogen and oxygen atoms in total. The highest BCUT2D eigenvalue weighted by molar-refractivity contribution is 5.94. The largest absolute Gasteiger partial charge is 0.350 e. The van der Waals surface area contributed by atoms with Crippen molar-refractivity contribution in [3.63, 3.8) is 0 Å². The van der Waals surface area contributed by atoms with E-state index in [4.69, 9.17) is 5.73 Å². The van der Waals surface area contributed by atoms with Gasteiger partial charge in [-0.25, -0.2) is 10.2 Å². The summed E-state index contributed by atoms with van der Waals surface area (Å²) >= 11 is 0. The second-order valence-corrected chi connectivity index (χ2v) is 4.86. The molecule has 0 saturated heterocycles. The van der Waals surface area contributed by atoms with Crippen LogP contribution in [0.1, 0.15) is 32.1 Å². The fraction of sp³-hybridized carbons (Fsp3) is 0.800. The molecule has 0 aromatic heterocycles. The molecule has 3 aliphatic carbocycles. The first-order chi connectivity index (χ1) is 6.72. The maximum atomic E-state index is 10.5. The predicted octanol–water partition coefficient (Wildman–Crippen LogP) is 1.22. The zero-order valence-electron chi connectivity index (χ0n) is 8.12. The summed E-state index contributed by atoms with van der Waals surface area (Å²) in [6.45, 7) is 0. The summed E-state index contributed by atoms with van der Waals surface area (Å²) in [5.41, 5.74) is 9.14. The quantitative estimate of drug-likeness (QED) is 0.604. The minimum Gasteiger partial charge on any atom is -0.350 e. The Kier molecular flexibility index (Phi) is 1.47. The SMILES string of the molecule is NC(=O)N/N=C1/C[C@@H]2CCC[C@@]23C[C@@H]13. The number of hydrogen-bond donors (Lipinski definition) is 2. The Labute approximate surface area is 82.9 Å². The molecule has 3 saturated carbocycles. The van der Waals surface area contributed by atoms with Crippen LogP contribution in [0.25, 0.3) is 0 Å². The third-order valence-electron chi connectivity index (χ3n) is 4.29. The summed E-state index contributed by atoms with van der Waals surface area (Å²) in [7, 11) is 0. The first kappa shape index (κ1) is 8.26. The zero-order chi connectivity index (χ0) is 9.76. The lowest BCUT2D eigenvalue weighted by molar-refractivity contribution is 0.249. The highest BCUT2D eigenvalue weighted by Gasteiger charge is 2.66. The molecule has 0 unspecified atom stereocenters. The molecule has 76 valence electrons. The summed E-state index contributed by atoms with van der Waals surface area (Å²) in [4.78, 5) is 10.5. The van der Waals surface area contributed by atoms with Gasteiger partial charge < -0.3 is 5.73 Å². The first-order valence-corrected chi connectivity index (χ1v) is 5.34. The topological polar surface area (TPSA) is 67.5 Å². The van der Waals surface area contributed by atoms with Gasteiger partial charge in [0.1, 0.15) is 0 Å². The monoisotopic (exact) mass is 193 g/mol. The molecule has 0 aromatic rings. The number of nitrogens with one attached hydrogen (secondary N) is 1. The van der Waals surface area contributed by atoms with E-state index in [9.17, 15) is 4.79 Å². The molecule has 0 radical (unpaired) electrons. The molecule has 3 aliphatic rings.